The molecule has 0 aliphatic heterocycles. The largest absolute Gasteiger partial charge is 0.462 e. The molecule has 0 N–H and O–H groups in total. The third-order valence-corrected chi connectivity index (χ3v) is 4.76. The number of non-ortho nitro benzene ring substituents is 1. The molecule has 0 saturated carbocycles. The molecule has 2 aromatic heterocycles. The molecule has 2 aromatic carbocycles. The highest BCUT2D eigenvalue weighted by atomic mass is 16.6. The number of nitro groups is 1. The molecule has 0 bridgehead atoms. The molecule has 8 heteroatoms. The van der Waals surface area contributed by atoms with Gasteiger partial charge in [0.15, 0.2) is 5.58 Å². The first-order valence-electron chi connectivity index (χ1n) is 8.92. The zero-order chi connectivity index (χ0) is 20.7. The number of nitrogens with zero attached hydrogens (tertiary/aromatic N) is 2. The highest BCUT2D eigenvalue weighted by Crippen LogP contribution is 2.34. The topological polar surface area (TPSA) is 105 Å². The molecule has 0 spiro atoms. The maximum absolute atomic E-state index is 12.6. The second-order valence-corrected chi connectivity index (χ2v) is 6.40. The molecule has 4 aromatic rings. The fourth-order valence-corrected chi connectivity index (χ4v) is 3.51. The van der Waals surface area contributed by atoms with Gasteiger partial charge in [-0.3, -0.25) is 10.1 Å². The Morgan fingerprint density at radius 3 is 2.41 bits per heavy atom. The van der Waals surface area contributed by atoms with Crippen LogP contribution in [0.3, 0.4) is 0 Å². The zero-order valence-electron chi connectivity index (χ0n) is 15.7. The van der Waals surface area contributed by atoms with Crippen LogP contribution in [-0.4, -0.2) is 22.1 Å². The van der Waals surface area contributed by atoms with Gasteiger partial charge in [-0.25, -0.2) is 9.59 Å². The molecule has 8 nitrogen and oxygen atoms in total. The van der Waals surface area contributed by atoms with Gasteiger partial charge in [-0.05, 0) is 32.0 Å². The van der Waals surface area contributed by atoms with Crippen LogP contribution in [0.4, 0.5) is 5.69 Å². The Labute approximate surface area is 164 Å². The lowest BCUT2D eigenvalue weighted by Crippen LogP contribution is -2.07. The van der Waals surface area contributed by atoms with Gasteiger partial charge in [0, 0.05) is 28.9 Å². The highest BCUT2D eigenvalue weighted by molar-refractivity contribution is 6.12. The van der Waals surface area contributed by atoms with Crippen molar-refractivity contribution in [1.82, 2.24) is 4.57 Å². The van der Waals surface area contributed by atoms with Crippen molar-refractivity contribution < 1.29 is 18.9 Å². The summed E-state index contributed by atoms with van der Waals surface area (Å²) in [7, 11) is 0. The van der Waals surface area contributed by atoms with Gasteiger partial charge in [-0.15, -0.1) is 0 Å². The molecule has 0 atom stereocenters. The highest BCUT2D eigenvalue weighted by Gasteiger charge is 2.26. The maximum Gasteiger partial charge on any atom is 0.344 e. The van der Waals surface area contributed by atoms with E-state index in [4.69, 9.17) is 9.15 Å². The van der Waals surface area contributed by atoms with E-state index in [9.17, 15) is 19.7 Å². The van der Waals surface area contributed by atoms with Crippen molar-refractivity contribution in [3.8, 4) is 5.69 Å². The van der Waals surface area contributed by atoms with Gasteiger partial charge < -0.3 is 13.7 Å². The summed E-state index contributed by atoms with van der Waals surface area (Å²) in [6.45, 7) is 3.57. The summed E-state index contributed by atoms with van der Waals surface area (Å²) in [6.07, 6.45) is 0. The van der Waals surface area contributed by atoms with E-state index in [1.54, 1.807) is 54.8 Å². The van der Waals surface area contributed by atoms with E-state index in [1.807, 2.05) is 0 Å². The molecule has 0 amide bonds. The molecule has 4 rings (SSSR count). The molecule has 0 aliphatic rings. The van der Waals surface area contributed by atoms with E-state index in [1.165, 1.54) is 12.1 Å². The lowest BCUT2D eigenvalue weighted by atomic mass is 10.1. The van der Waals surface area contributed by atoms with Gasteiger partial charge in [-0.2, -0.15) is 0 Å². The number of fused-ring (bicyclic) bond motifs is 3. The molecule has 29 heavy (non-hydrogen) atoms. The lowest BCUT2D eigenvalue weighted by Gasteiger charge is -2.09. The summed E-state index contributed by atoms with van der Waals surface area (Å²) < 4.78 is 12.4. The smallest absolute Gasteiger partial charge is 0.344 e. The van der Waals surface area contributed by atoms with E-state index in [0.717, 1.165) is 0 Å². The van der Waals surface area contributed by atoms with Crippen molar-refractivity contribution in [2.75, 3.05) is 6.61 Å². The van der Waals surface area contributed by atoms with Crippen LogP contribution in [0.2, 0.25) is 0 Å². The number of carbonyl (C=O) groups excluding carboxylic acids is 1. The molecule has 146 valence electrons. The van der Waals surface area contributed by atoms with Crippen LogP contribution in [0.25, 0.3) is 27.6 Å². The Morgan fingerprint density at radius 2 is 1.79 bits per heavy atom. The first-order valence-corrected chi connectivity index (χ1v) is 8.92. The van der Waals surface area contributed by atoms with Crippen LogP contribution < -0.4 is 5.63 Å². The molecule has 0 fully saturated rings. The SMILES string of the molecule is CCOC(=O)c1c(C)n(-c2ccc([N+](=O)[O-])cc2)c2c1oc(=O)c1ccccc12. The molecule has 0 saturated heterocycles. The summed E-state index contributed by atoms with van der Waals surface area (Å²) >= 11 is 0. The van der Waals surface area contributed by atoms with Gasteiger partial charge in [0.05, 0.1) is 22.4 Å². The zero-order valence-corrected chi connectivity index (χ0v) is 15.7. The number of hydrogen-bond acceptors (Lipinski definition) is 6. The van der Waals surface area contributed by atoms with Crippen molar-refractivity contribution in [2.45, 2.75) is 13.8 Å². The summed E-state index contributed by atoms with van der Waals surface area (Å²) in [4.78, 5) is 35.6. The third-order valence-electron chi connectivity index (χ3n) is 4.76. The van der Waals surface area contributed by atoms with Crippen LogP contribution in [-0.2, 0) is 4.74 Å². The van der Waals surface area contributed by atoms with Gasteiger partial charge in [-0.1, -0.05) is 18.2 Å². The summed E-state index contributed by atoms with van der Waals surface area (Å²) in [5.74, 6) is -0.603. The molecular formula is C21H16N2O6. The van der Waals surface area contributed by atoms with Crippen LogP contribution in [0.1, 0.15) is 23.0 Å². The normalized spacial score (nSPS) is 11.1. The van der Waals surface area contributed by atoms with Crippen LogP contribution >= 0.6 is 0 Å². The van der Waals surface area contributed by atoms with Gasteiger partial charge in [0.25, 0.3) is 5.69 Å². The minimum Gasteiger partial charge on any atom is -0.462 e. The fourth-order valence-electron chi connectivity index (χ4n) is 3.51. The number of benzene rings is 2. The average Bonchev–Trinajstić information content (AvgIpc) is 3.00. The van der Waals surface area contributed by atoms with Crippen molar-refractivity contribution in [1.29, 1.82) is 0 Å². The Morgan fingerprint density at radius 1 is 1.14 bits per heavy atom. The fraction of sp³-hybridized carbons (Fsp3) is 0.143. The average molecular weight is 392 g/mol. The van der Waals surface area contributed by atoms with E-state index < -0.39 is 16.5 Å². The van der Waals surface area contributed by atoms with Crippen molar-refractivity contribution in [3.05, 3.63) is 80.3 Å². The molecule has 2 heterocycles. The Balaban J connectivity index is 2.14. The molecule has 0 unspecified atom stereocenters. The number of aromatic nitrogens is 1. The Kier molecular flexibility index (Phi) is 4.38. The lowest BCUT2D eigenvalue weighted by molar-refractivity contribution is -0.384. The predicted molar refractivity (Wildman–Crippen MR) is 107 cm³/mol. The number of carbonyl (C=O) groups is 1. The number of ether oxygens (including phenoxy) is 1. The minimum absolute atomic E-state index is 0.0510. The quantitative estimate of drug-likeness (QED) is 0.294. The summed E-state index contributed by atoms with van der Waals surface area (Å²) in [5.41, 5.74) is 1.30. The van der Waals surface area contributed by atoms with Crippen molar-refractivity contribution >= 4 is 33.5 Å². The van der Waals surface area contributed by atoms with E-state index in [2.05, 4.69) is 0 Å². The van der Waals surface area contributed by atoms with E-state index in [-0.39, 0.29) is 23.4 Å². The minimum atomic E-state index is -0.603. The standard InChI is InChI=1S/C21H16N2O6/c1-3-28-21(25)17-12(2)22(13-8-10-14(11-9-13)23(26)27)18-15-6-4-5-7-16(15)20(24)29-19(17)18/h4-11H,3H2,1-2H3. The third kappa shape index (κ3) is 2.85. The molecule has 0 aliphatic carbocycles. The van der Waals surface area contributed by atoms with Crippen molar-refractivity contribution in [2.24, 2.45) is 0 Å². The van der Waals surface area contributed by atoms with Crippen LogP contribution in [0.5, 0.6) is 0 Å². The van der Waals surface area contributed by atoms with Crippen molar-refractivity contribution in [3.63, 3.8) is 0 Å². The first-order chi connectivity index (χ1) is 13.9. The van der Waals surface area contributed by atoms with Crippen LogP contribution in [0, 0.1) is 17.0 Å². The van der Waals surface area contributed by atoms with E-state index in [0.29, 0.717) is 27.7 Å². The van der Waals surface area contributed by atoms with Gasteiger partial charge >= 0.3 is 11.6 Å². The second-order valence-electron chi connectivity index (χ2n) is 6.40. The molecular weight excluding hydrogens is 376 g/mol. The number of rotatable bonds is 4. The van der Waals surface area contributed by atoms with Gasteiger partial charge in [0.2, 0.25) is 0 Å². The number of esters is 1. The first kappa shape index (κ1) is 18.4. The predicted octanol–water partition coefficient (Wildman–Crippen LogP) is 4.13. The van der Waals surface area contributed by atoms with Crippen LogP contribution in [0.15, 0.2) is 57.7 Å². The number of nitro benzene ring substituents is 1. The molecule has 0 radical (unpaired) electrons. The summed E-state index contributed by atoms with van der Waals surface area (Å²) in [5, 5.41) is 12.0. The Hall–Kier alpha value is -3.94. The van der Waals surface area contributed by atoms with E-state index >= 15 is 0 Å². The monoisotopic (exact) mass is 392 g/mol. The Bertz CT molecular complexity index is 1330. The second kappa shape index (κ2) is 6.90. The number of hydrogen-bond donors (Lipinski definition) is 0. The van der Waals surface area contributed by atoms with Gasteiger partial charge in [0.1, 0.15) is 5.56 Å². The summed E-state index contributed by atoms with van der Waals surface area (Å²) in [6, 6.07) is 12.9. The maximum atomic E-state index is 12.6.